The molecule has 4 heteroatoms. The van der Waals surface area contributed by atoms with Gasteiger partial charge >= 0.3 is 41.9 Å². The van der Waals surface area contributed by atoms with Crippen LogP contribution >= 0.6 is 0 Å². The Labute approximate surface area is 220 Å². The average Bonchev–Trinajstić information content (AvgIpc) is 3.23. The molecule has 0 saturated heterocycles. The van der Waals surface area contributed by atoms with Gasteiger partial charge in [0.15, 0.2) is 0 Å². The molecule has 4 aromatic carbocycles. The zero-order chi connectivity index (χ0) is 21.3. The molecule has 6 rings (SSSR count). The first kappa shape index (κ1) is 27.1. The molecule has 0 N–H and O–H groups in total. The van der Waals surface area contributed by atoms with Gasteiger partial charge in [-0.15, -0.1) is 34.0 Å². The van der Waals surface area contributed by atoms with Gasteiger partial charge in [0, 0.05) is 0 Å². The van der Waals surface area contributed by atoms with Crippen molar-refractivity contribution < 1.29 is 48.1 Å². The fourth-order valence-corrected chi connectivity index (χ4v) is 4.55. The SMILES string of the molecule is CC1[CH-]c2cccc3cccc1c23.CC1[CH-]c2cccc3cccc1c23.C[Si](C)=[Zr+2].[Cl-].[Cl-]. The van der Waals surface area contributed by atoms with Gasteiger partial charge in [-0.1, -0.05) is 85.0 Å². The molecule has 4 aromatic rings. The summed E-state index contributed by atoms with van der Waals surface area (Å²) >= 11 is 1.74. The second-order valence-electron chi connectivity index (χ2n) is 8.50. The molecule has 0 heterocycles. The minimum absolute atomic E-state index is 0. The Morgan fingerprint density at radius 2 is 0.938 bits per heavy atom. The number of hydrogen-bond donors (Lipinski definition) is 0. The second kappa shape index (κ2) is 11.8. The molecule has 0 bridgehead atoms. The van der Waals surface area contributed by atoms with Gasteiger partial charge in [-0.2, -0.15) is 36.1 Å². The van der Waals surface area contributed by atoms with E-state index in [1.54, 1.807) is 23.3 Å². The molecule has 0 aromatic heterocycles. The van der Waals surface area contributed by atoms with Gasteiger partial charge in [0.1, 0.15) is 0 Å². The zero-order valence-electron chi connectivity index (χ0n) is 19.0. The minimum atomic E-state index is 0. The summed E-state index contributed by atoms with van der Waals surface area (Å²) in [7, 11) is 0. The van der Waals surface area contributed by atoms with Crippen molar-refractivity contribution in [2.75, 3.05) is 0 Å². The molecule has 0 aliphatic heterocycles. The van der Waals surface area contributed by atoms with Gasteiger partial charge in [-0.05, 0) is 0 Å². The quantitative estimate of drug-likeness (QED) is 0.230. The van der Waals surface area contributed by atoms with E-state index in [1.165, 1.54) is 43.8 Å². The summed E-state index contributed by atoms with van der Waals surface area (Å²) in [4.78, 5) is 0. The standard InChI is InChI=1S/2C13H11.C2H6Si.2ClH.Zr/c2*1-9-8-11-6-2-4-10-5-3-7-12(9)13(10)11;1-3-2;;;/h2*2-9H,1H3;1-2H3;2*1H;/q2*-1;;;;+2/p-2. The number of rotatable bonds is 0. The maximum atomic E-state index is 2.34. The van der Waals surface area contributed by atoms with Crippen molar-refractivity contribution in [3.05, 3.63) is 108 Å². The third kappa shape index (κ3) is 5.65. The van der Waals surface area contributed by atoms with Crippen LogP contribution in [-0.2, 0) is 23.3 Å². The third-order valence-corrected chi connectivity index (χ3v) is 5.78. The molecule has 2 unspecified atom stereocenters. The first-order chi connectivity index (χ1) is 14.5. The maximum absolute atomic E-state index is 2.34. The van der Waals surface area contributed by atoms with Crippen LogP contribution in [0.3, 0.4) is 0 Å². The molecule has 0 fully saturated rings. The summed E-state index contributed by atoms with van der Waals surface area (Å²) in [6.07, 6.45) is 4.69. The summed E-state index contributed by atoms with van der Waals surface area (Å²) in [6, 6.07) is 26.2. The largest absolute Gasteiger partial charge is 1.00 e. The molecular formula is C28H28Cl2SiZr-2. The van der Waals surface area contributed by atoms with E-state index in [9.17, 15) is 0 Å². The van der Waals surface area contributed by atoms with Crippen LogP contribution < -0.4 is 24.8 Å². The topological polar surface area (TPSA) is 0 Å². The number of benzene rings is 4. The third-order valence-electron chi connectivity index (χ3n) is 5.78. The predicted octanol–water partition coefficient (Wildman–Crippen LogP) is 1.81. The van der Waals surface area contributed by atoms with E-state index in [0.717, 1.165) is 0 Å². The summed E-state index contributed by atoms with van der Waals surface area (Å²) in [5, 5.41) is 5.65. The van der Waals surface area contributed by atoms with Crippen LogP contribution in [-0.4, -0.2) is 5.43 Å². The van der Waals surface area contributed by atoms with Gasteiger partial charge in [-0.3, -0.25) is 0 Å². The van der Waals surface area contributed by atoms with Gasteiger partial charge < -0.3 is 24.8 Å². The Hall–Kier alpha value is -1.18. The molecule has 0 nitrogen and oxygen atoms in total. The summed E-state index contributed by atoms with van der Waals surface area (Å²) in [6.45, 7) is 9.13. The maximum Gasteiger partial charge on any atom is -1.00 e. The predicted molar refractivity (Wildman–Crippen MR) is 129 cm³/mol. The fourth-order valence-electron chi connectivity index (χ4n) is 4.55. The number of halogens is 2. The van der Waals surface area contributed by atoms with Crippen LogP contribution in [0.15, 0.2) is 72.8 Å². The molecule has 0 radical (unpaired) electrons. The Balaban J connectivity index is 0.000000185. The Morgan fingerprint density at radius 3 is 1.28 bits per heavy atom. The molecule has 0 amide bonds. The fraction of sp³-hybridized carbons (Fsp3) is 0.214. The van der Waals surface area contributed by atoms with Crippen molar-refractivity contribution in [2.45, 2.75) is 38.8 Å². The van der Waals surface area contributed by atoms with Crippen LogP contribution in [0.1, 0.15) is 47.9 Å². The second-order valence-corrected chi connectivity index (χ2v) is 17.9. The van der Waals surface area contributed by atoms with Gasteiger partial charge in [0.25, 0.3) is 0 Å². The molecule has 0 saturated carbocycles. The van der Waals surface area contributed by atoms with E-state index in [2.05, 4.69) is 113 Å². The smallest absolute Gasteiger partial charge is 1.00 e. The van der Waals surface area contributed by atoms with Crippen LogP contribution in [0.5, 0.6) is 0 Å². The minimum Gasteiger partial charge on any atom is -1.00 e. The first-order valence-electron chi connectivity index (χ1n) is 10.7. The average molecular weight is 555 g/mol. The van der Waals surface area contributed by atoms with Crippen molar-refractivity contribution >= 4 is 27.0 Å². The number of hydrogen-bond acceptors (Lipinski definition) is 0. The Morgan fingerprint density at radius 1 is 0.625 bits per heavy atom. The van der Waals surface area contributed by atoms with Crippen molar-refractivity contribution in [3.8, 4) is 0 Å². The molecular weight excluding hydrogens is 527 g/mol. The Bertz CT molecular complexity index is 1130. The van der Waals surface area contributed by atoms with Crippen LogP contribution in [0.4, 0.5) is 0 Å². The molecule has 32 heavy (non-hydrogen) atoms. The molecule has 2 atom stereocenters. The van der Waals surface area contributed by atoms with Crippen molar-refractivity contribution in [1.29, 1.82) is 0 Å². The van der Waals surface area contributed by atoms with Gasteiger partial charge in [-0.25, -0.2) is 0 Å². The van der Waals surface area contributed by atoms with Gasteiger partial charge in [0.05, 0.1) is 0 Å². The van der Waals surface area contributed by atoms with E-state index >= 15 is 0 Å². The van der Waals surface area contributed by atoms with Crippen molar-refractivity contribution in [1.82, 2.24) is 0 Å². The van der Waals surface area contributed by atoms with Crippen LogP contribution in [0.25, 0.3) is 21.5 Å². The first-order valence-corrected chi connectivity index (χ1v) is 16.9. The van der Waals surface area contributed by atoms with Gasteiger partial charge in [0.2, 0.25) is 0 Å². The molecule has 2 aliphatic carbocycles. The van der Waals surface area contributed by atoms with Crippen LogP contribution in [0, 0.1) is 12.8 Å². The normalized spacial score (nSPS) is 16.3. The van der Waals surface area contributed by atoms with Crippen molar-refractivity contribution in [3.63, 3.8) is 0 Å². The molecule has 0 spiro atoms. The van der Waals surface area contributed by atoms with E-state index in [1.807, 2.05) is 0 Å². The summed E-state index contributed by atoms with van der Waals surface area (Å²) < 4.78 is 0. The van der Waals surface area contributed by atoms with E-state index in [0.29, 0.717) is 11.8 Å². The van der Waals surface area contributed by atoms with Crippen LogP contribution in [0.2, 0.25) is 13.1 Å². The van der Waals surface area contributed by atoms with Crippen molar-refractivity contribution in [2.24, 2.45) is 0 Å². The summed E-state index contributed by atoms with van der Waals surface area (Å²) in [5.74, 6) is 1.17. The van der Waals surface area contributed by atoms with E-state index in [4.69, 9.17) is 0 Å². The van der Waals surface area contributed by atoms with E-state index in [-0.39, 0.29) is 30.2 Å². The molecule has 164 valence electrons. The summed E-state index contributed by atoms with van der Waals surface area (Å²) in [5.41, 5.74) is 5.98. The zero-order valence-corrected chi connectivity index (χ0v) is 24.0. The monoisotopic (exact) mass is 552 g/mol. The Kier molecular flexibility index (Phi) is 9.98. The van der Waals surface area contributed by atoms with E-state index < -0.39 is 0 Å². The molecule has 2 aliphatic rings.